The first-order valence-corrected chi connectivity index (χ1v) is 19.1. The van der Waals surface area contributed by atoms with Crippen molar-refractivity contribution in [2.75, 3.05) is 50.1 Å². The summed E-state index contributed by atoms with van der Waals surface area (Å²) in [6.45, 7) is 17.1. The number of rotatable bonds is 9. The predicted molar refractivity (Wildman–Crippen MR) is 186 cm³/mol. The quantitative estimate of drug-likeness (QED) is 0.218. The molecule has 3 aliphatic rings. The van der Waals surface area contributed by atoms with Crippen LogP contribution in [-0.2, 0) is 9.22 Å². The van der Waals surface area contributed by atoms with E-state index in [0.29, 0.717) is 30.8 Å². The van der Waals surface area contributed by atoms with E-state index < -0.39 is 8.32 Å². The molecule has 0 saturated carbocycles. The van der Waals surface area contributed by atoms with Gasteiger partial charge in [0.05, 0.1) is 18.1 Å². The molecule has 0 aromatic heterocycles. The van der Waals surface area contributed by atoms with Crippen LogP contribution in [0.1, 0.15) is 61.8 Å². The number of nitrogens with one attached hydrogen (secondary N) is 1. The van der Waals surface area contributed by atoms with Crippen LogP contribution in [0.15, 0.2) is 48.5 Å². The number of anilines is 2. The van der Waals surface area contributed by atoms with Gasteiger partial charge in [-0.05, 0) is 80.5 Å². The highest BCUT2D eigenvalue weighted by Gasteiger charge is 2.48. The Balaban J connectivity index is 0.000000261. The molecule has 3 heterocycles. The fourth-order valence-electron chi connectivity index (χ4n) is 5.68. The van der Waals surface area contributed by atoms with Crippen LogP contribution in [0.5, 0.6) is 0 Å². The number of benzene rings is 2. The van der Waals surface area contributed by atoms with Gasteiger partial charge in [-0.2, -0.15) is 0 Å². The standard InChI is InChI=1S/C23H35N3O4Si.C12H14N2O2/c1-15(30-31(6,7)23(2,3)4)20-18(24-21(20)28)14-19(27)16-8-10-17(11-9-16)26-13-12-25(5)22(26)29;1-9(15)10-3-5-11(6-4-10)14-8-7-13(2)12(14)16/h8-11,15,18,20H,12-14H2,1-7H3,(H,24,28);3-6H,7-8H2,1-2H3/t15-,18-,20-;/m1./s1. The second kappa shape index (κ2) is 14.0. The van der Waals surface area contributed by atoms with Crippen molar-refractivity contribution < 1.29 is 28.4 Å². The lowest BCUT2D eigenvalue weighted by Gasteiger charge is -2.45. The average molecular weight is 664 g/mol. The number of ketones is 2. The molecular weight excluding hydrogens is 615 g/mol. The highest BCUT2D eigenvalue weighted by Crippen LogP contribution is 2.39. The maximum absolute atomic E-state index is 12.8. The Kier molecular flexibility index (Phi) is 10.7. The summed E-state index contributed by atoms with van der Waals surface area (Å²) in [7, 11) is 1.55. The summed E-state index contributed by atoms with van der Waals surface area (Å²) in [6.07, 6.45) is 0.0137. The summed E-state index contributed by atoms with van der Waals surface area (Å²) in [5.41, 5.74) is 2.89. The van der Waals surface area contributed by atoms with E-state index in [1.165, 1.54) is 6.92 Å². The van der Waals surface area contributed by atoms with Crippen LogP contribution >= 0.6 is 0 Å². The third kappa shape index (κ3) is 7.93. The zero-order valence-electron chi connectivity index (χ0n) is 29.1. The minimum atomic E-state index is -2.01. The Bertz CT molecular complexity index is 1500. The Morgan fingerprint density at radius 2 is 1.28 bits per heavy atom. The molecule has 5 rings (SSSR count). The van der Waals surface area contributed by atoms with Crippen molar-refractivity contribution in [3.05, 3.63) is 59.7 Å². The largest absolute Gasteiger partial charge is 0.413 e. The Morgan fingerprint density at radius 1 is 0.830 bits per heavy atom. The van der Waals surface area contributed by atoms with E-state index in [9.17, 15) is 24.0 Å². The van der Waals surface area contributed by atoms with Crippen LogP contribution < -0.4 is 15.1 Å². The average Bonchev–Trinajstić information content (AvgIpc) is 3.51. The monoisotopic (exact) mass is 663 g/mol. The molecule has 0 unspecified atom stereocenters. The zero-order chi connectivity index (χ0) is 34.8. The topological polar surface area (TPSA) is 120 Å². The van der Waals surface area contributed by atoms with E-state index >= 15 is 0 Å². The van der Waals surface area contributed by atoms with Gasteiger partial charge < -0.3 is 19.5 Å². The minimum absolute atomic E-state index is 0.00979. The van der Waals surface area contributed by atoms with Crippen molar-refractivity contribution in [3.8, 4) is 0 Å². The van der Waals surface area contributed by atoms with Crippen molar-refractivity contribution in [3.63, 3.8) is 0 Å². The van der Waals surface area contributed by atoms with Crippen molar-refractivity contribution in [2.24, 2.45) is 5.92 Å². The Morgan fingerprint density at radius 3 is 1.64 bits per heavy atom. The van der Waals surface area contributed by atoms with Crippen LogP contribution in [0.25, 0.3) is 0 Å². The van der Waals surface area contributed by atoms with Gasteiger partial charge in [0.25, 0.3) is 0 Å². The van der Waals surface area contributed by atoms with E-state index in [1.54, 1.807) is 58.0 Å². The number of carbonyl (C=O) groups excluding carboxylic acids is 5. The number of urea groups is 2. The summed E-state index contributed by atoms with van der Waals surface area (Å²) in [5.74, 6) is -0.339. The molecule has 3 aliphatic heterocycles. The van der Waals surface area contributed by atoms with Gasteiger partial charge in [0.2, 0.25) is 5.91 Å². The summed E-state index contributed by atoms with van der Waals surface area (Å²) >= 11 is 0. The normalized spacial score (nSPS) is 20.5. The zero-order valence-corrected chi connectivity index (χ0v) is 30.1. The molecule has 1 N–H and O–H groups in total. The lowest BCUT2D eigenvalue weighted by atomic mass is 9.82. The van der Waals surface area contributed by atoms with Gasteiger partial charge in [0.15, 0.2) is 19.9 Å². The Labute approximate surface area is 279 Å². The second-order valence-corrected chi connectivity index (χ2v) is 19.0. The summed E-state index contributed by atoms with van der Waals surface area (Å²) in [5, 5.41) is 2.94. The van der Waals surface area contributed by atoms with Crippen LogP contribution in [0, 0.1) is 5.92 Å². The maximum Gasteiger partial charge on any atom is 0.324 e. The lowest BCUT2D eigenvalue weighted by Crippen LogP contribution is -2.64. The number of amides is 5. The van der Waals surface area contributed by atoms with Crippen molar-refractivity contribution in [2.45, 2.75) is 71.3 Å². The fourth-order valence-corrected chi connectivity index (χ4v) is 7.11. The fraction of sp³-hybridized carbons (Fsp3) is 0.514. The van der Waals surface area contributed by atoms with Gasteiger partial charge >= 0.3 is 12.1 Å². The molecule has 2 aromatic rings. The molecule has 0 bridgehead atoms. The summed E-state index contributed by atoms with van der Waals surface area (Å²) in [6, 6.07) is 14.0. The SMILES string of the molecule is CC(=O)c1ccc(N2CCN(C)C2=O)cc1.C[C@@H](O[Si](C)(C)C(C)(C)C)[C@H]1C(=O)N[C@@H]1CC(=O)c1ccc(N2CCN(C)C2=O)cc1. The summed E-state index contributed by atoms with van der Waals surface area (Å²) in [4.78, 5) is 66.8. The first-order valence-electron chi connectivity index (χ1n) is 16.2. The molecule has 0 aliphatic carbocycles. The van der Waals surface area contributed by atoms with E-state index in [1.807, 2.05) is 31.2 Å². The second-order valence-electron chi connectivity index (χ2n) is 14.2. The van der Waals surface area contributed by atoms with Gasteiger partial charge in [-0.25, -0.2) is 9.59 Å². The minimum Gasteiger partial charge on any atom is -0.413 e. The summed E-state index contributed by atoms with van der Waals surface area (Å²) < 4.78 is 6.41. The molecule has 3 atom stereocenters. The molecule has 3 saturated heterocycles. The third-order valence-corrected chi connectivity index (χ3v) is 14.4. The van der Waals surface area contributed by atoms with Crippen LogP contribution in [0.3, 0.4) is 0 Å². The predicted octanol–water partition coefficient (Wildman–Crippen LogP) is 5.42. The third-order valence-electron chi connectivity index (χ3n) is 9.78. The molecule has 11 nitrogen and oxygen atoms in total. The van der Waals surface area contributed by atoms with Crippen molar-refractivity contribution in [1.29, 1.82) is 0 Å². The number of carbonyl (C=O) groups is 5. The molecule has 0 radical (unpaired) electrons. The van der Waals surface area contributed by atoms with Crippen LogP contribution in [0.4, 0.5) is 21.0 Å². The molecule has 254 valence electrons. The molecule has 0 spiro atoms. The van der Waals surface area contributed by atoms with Crippen molar-refractivity contribution >= 4 is 49.2 Å². The number of nitrogens with zero attached hydrogens (tertiary/aromatic N) is 4. The molecule has 12 heteroatoms. The first-order chi connectivity index (χ1) is 21.9. The van der Waals surface area contributed by atoms with Gasteiger partial charge in [-0.3, -0.25) is 24.2 Å². The van der Waals surface area contributed by atoms with Crippen LogP contribution in [0.2, 0.25) is 18.1 Å². The van der Waals surface area contributed by atoms with E-state index in [2.05, 4.69) is 39.2 Å². The highest BCUT2D eigenvalue weighted by molar-refractivity contribution is 6.74. The molecule has 3 fully saturated rings. The lowest BCUT2D eigenvalue weighted by molar-refractivity contribution is -0.139. The smallest absolute Gasteiger partial charge is 0.324 e. The number of β-lactam (4-membered cyclic amide) rings is 1. The first kappa shape index (κ1) is 35.8. The van der Waals surface area contributed by atoms with E-state index in [-0.39, 0.29) is 59.1 Å². The van der Waals surface area contributed by atoms with Crippen molar-refractivity contribution in [1.82, 2.24) is 15.1 Å². The number of hydrogen-bond acceptors (Lipinski definition) is 6. The Hall–Kier alpha value is -4.03. The molecule has 47 heavy (non-hydrogen) atoms. The van der Waals surface area contributed by atoms with Crippen LogP contribution in [-0.4, -0.2) is 100 Å². The van der Waals surface area contributed by atoms with E-state index in [4.69, 9.17) is 4.43 Å². The van der Waals surface area contributed by atoms with E-state index in [0.717, 1.165) is 17.9 Å². The molecule has 5 amide bonds. The maximum atomic E-state index is 12.8. The van der Waals surface area contributed by atoms with Gasteiger partial charge in [0, 0.05) is 69.2 Å². The van der Waals surface area contributed by atoms with Gasteiger partial charge in [-0.15, -0.1) is 0 Å². The van der Waals surface area contributed by atoms with Gasteiger partial charge in [-0.1, -0.05) is 20.8 Å². The number of hydrogen-bond donors (Lipinski definition) is 1. The highest BCUT2D eigenvalue weighted by atomic mass is 28.4. The number of Topliss-reactive ketones (excluding diaryl/α,β-unsaturated/α-hetero) is 2. The number of likely N-dealkylation sites (N-methyl/N-ethyl adjacent to an activating group) is 2. The molecular formula is C35H49N5O6Si. The molecule has 2 aromatic carbocycles. The van der Waals surface area contributed by atoms with Gasteiger partial charge in [0.1, 0.15) is 0 Å².